The lowest BCUT2D eigenvalue weighted by atomic mass is 10.2. The molecule has 0 radical (unpaired) electrons. The highest BCUT2D eigenvalue weighted by molar-refractivity contribution is 6.31. The third kappa shape index (κ3) is 5.16. The molecule has 0 atom stereocenters. The second-order valence-corrected chi connectivity index (χ2v) is 5.59. The Hall–Kier alpha value is -2.24. The summed E-state index contributed by atoms with van der Waals surface area (Å²) in [7, 11) is 0. The topological polar surface area (TPSA) is 81.4 Å². The van der Waals surface area contributed by atoms with Crippen molar-refractivity contribution in [3.8, 4) is 0 Å². The van der Waals surface area contributed by atoms with E-state index in [9.17, 15) is 9.59 Å². The van der Waals surface area contributed by atoms with Crippen molar-refractivity contribution in [2.75, 3.05) is 12.3 Å². The maximum absolute atomic E-state index is 11.9. The average Bonchev–Trinajstić information content (AvgIpc) is 2.50. The minimum Gasteiger partial charge on any atom is -0.452 e. The van der Waals surface area contributed by atoms with Crippen LogP contribution in [0.15, 0.2) is 42.5 Å². The molecule has 2 rings (SSSR count). The Kier molecular flexibility index (Phi) is 5.84. The minimum atomic E-state index is -0.683. The van der Waals surface area contributed by atoms with E-state index in [4.69, 9.17) is 33.7 Å². The summed E-state index contributed by atoms with van der Waals surface area (Å²) in [4.78, 5) is 23.6. The monoisotopic (exact) mass is 352 g/mol. The largest absolute Gasteiger partial charge is 0.452 e. The average molecular weight is 353 g/mol. The predicted octanol–water partition coefficient (Wildman–Crippen LogP) is 3.05. The number of rotatable bonds is 5. The molecule has 2 aromatic carbocycles. The third-order valence-electron chi connectivity index (χ3n) is 2.95. The fourth-order valence-corrected chi connectivity index (χ4v) is 2.22. The van der Waals surface area contributed by atoms with Crippen molar-refractivity contribution in [2.24, 2.45) is 0 Å². The van der Waals surface area contributed by atoms with E-state index in [1.807, 2.05) is 6.07 Å². The fraction of sp³-hybridized carbons (Fsp3) is 0.125. The van der Waals surface area contributed by atoms with Crippen molar-refractivity contribution < 1.29 is 14.3 Å². The molecule has 3 N–H and O–H groups in total. The van der Waals surface area contributed by atoms with E-state index in [2.05, 4.69) is 5.32 Å². The number of esters is 1. The number of benzene rings is 2. The number of nitrogen functional groups attached to an aromatic ring is 1. The lowest BCUT2D eigenvalue weighted by Gasteiger charge is -2.08. The number of hydrogen-bond donors (Lipinski definition) is 2. The SMILES string of the molecule is Nc1cc(Cl)ccc1C(=O)OCC(=O)NCc1cccc(Cl)c1. The normalized spacial score (nSPS) is 10.2. The number of nitrogens with one attached hydrogen (secondary N) is 1. The first-order chi connectivity index (χ1) is 11.0. The highest BCUT2D eigenvalue weighted by Crippen LogP contribution is 2.18. The van der Waals surface area contributed by atoms with Crippen LogP contribution < -0.4 is 11.1 Å². The summed E-state index contributed by atoms with van der Waals surface area (Å²) in [5, 5.41) is 3.63. The van der Waals surface area contributed by atoms with Crippen LogP contribution in [-0.4, -0.2) is 18.5 Å². The molecule has 0 spiro atoms. The standard InChI is InChI=1S/C16H14Cl2N2O3/c17-11-3-1-2-10(6-11)8-20-15(21)9-23-16(22)13-5-4-12(18)7-14(13)19/h1-7H,8-9,19H2,(H,20,21). The van der Waals surface area contributed by atoms with Crippen LogP contribution in [0.2, 0.25) is 10.0 Å². The molecule has 2 aromatic rings. The number of amides is 1. The maximum Gasteiger partial charge on any atom is 0.340 e. The summed E-state index contributed by atoms with van der Waals surface area (Å²) in [6.45, 7) is -0.110. The molecule has 0 saturated heterocycles. The molecule has 7 heteroatoms. The summed E-state index contributed by atoms with van der Waals surface area (Å²) >= 11 is 11.6. The summed E-state index contributed by atoms with van der Waals surface area (Å²) < 4.78 is 4.92. The molecule has 0 saturated carbocycles. The Labute approximate surface area is 143 Å². The maximum atomic E-state index is 11.9. The zero-order valence-electron chi connectivity index (χ0n) is 12.0. The fourth-order valence-electron chi connectivity index (χ4n) is 1.83. The smallest absolute Gasteiger partial charge is 0.340 e. The van der Waals surface area contributed by atoms with Crippen LogP contribution in [-0.2, 0) is 16.1 Å². The van der Waals surface area contributed by atoms with Gasteiger partial charge in [0.15, 0.2) is 6.61 Å². The van der Waals surface area contributed by atoms with Gasteiger partial charge in [-0.25, -0.2) is 4.79 Å². The first-order valence-corrected chi connectivity index (χ1v) is 7.44. The number of carbonyl (C=O) groups excluding carboxylic acids is 2. The lowest BCUT2D eigenvalue weighted by Crippen LogP contribution is -2.28. The van der Waals surface area contributed by atoms with E-state index < -0.39 is 18.5 Å². The highest BCUT2D eigenvalue weighted by atomic mass is 35.5. The molecule has 120 valence electrons. The zero-order valence-corrected chi connectivity index (χ0v) is 13.5. The van der Waals surface area contributed by atoms with Crippen LogP contribution in [0.5, 0.6) is 0 Å². The van der Waals surface area contributed by atoms with Crippen molar-refractivity contribution in [1.29, 1.82) is 0 Å². The van der Waals surface area contributed by atoms with Crippen LogP contribution in [0.3, 0.4) is 0 Å². The van der Waals surface area contributed by atoms with Gasteiger partial charge >= 0.3 is 5.97 Å². The van der Waals surface area contributed by atoms with Crippen LogP contribution in [0.25, 0.3) is 0 Å². The number of hydrogen-bond acceptors (Lipinski definition) is 4. The molecule has 0 aliphatic heterocycles. The van der Waals surface area contributed by atoms with Crippen molar-refractivity contribution in [3.63, 3.8) is 0 Å². The molecule has 5 nitrogen and oxygen atoms in total. The van der Waals surface area contributed by atoms with Gasteiger partial charge < -0.3 is 15.8 Å². The number of anilines is 1. The minimum absolute atomic E-state index is 0.164. The van der Waals surface area contributed by atoms with Crippen molar-refractivity contribution in [2.45, 2.75) is 6.54 Å². The first-order valence-electron chi connectivity index (χ1n) is 6.69. The highest BCUT2D eigenvalue weighted by Gasteiger charge is 2.13. The van der Waals surface area contributed by atoms with Gasteiger partial charge in [0.25, 0.3) is 5.91 Å². The van der Waals surface area contributed by atoms with E-state index in [1.165, 1.54) is 18.2 Å². The van der Waals surface area contributed by atoms with E-state index >= 15 is 0 Å². The van der Waals surface area contributed by atoms with Gasteiger partial charge in [-0.3, -0.25) is 4.79 Å². The summed E-state index contributed by atoms with van der Waals surface area (Å²) in [5.41, 5.74) is 6.89. The summed E-state index contributed by atoms with van der Waals surface area (Å²) in [5.74, 6) is -1.11. The van der Waals surface area contributed by atoms with Gasteiger partial charge in [0.2, 0.25) is 0 Å². The van der Waals surface area contributed by atoms with Crippen molar-refractivity contribution in [1.82, 2.24) is 5.32 Å². The molecular formula is C16H14Cl2N2O3. The summed E-state index contributed by atoms with van der Waals surface area (Å²) in [6, 6.07) is 11.5. The molecule has 0 heterocycles. The van der Waals surface area contributed by atoms with Gasteiger partial charge in [-0.15, -0.1) is 0 Å². The Bertz CT molecular complexity index is 735. The molecule has 0 bridgehead atoms. The quantitative estimate of drug-likeness (QED) is 0.640. The van der Waals surface area contributed by atoms with Crippen LogP contribution >= 0.6 is 23.2 Å². The predicted molar refractivity (Wildman–Crippen MR) is 89.4 cm³/mol. The van der Waals surface area contributed by atoms with Gasteiger partial charge in [0.1, 0.15) is 0 Å². The lowest BCUT2D eigenvalue weighted by molar-refractivity contribution is -0.124. The van der Waals surface area contributed by atoms with Gasteiger partial charge in [-0.2, -0.15) is 0 Å². The second-order valence-electron chi connectivity index (χ2n) is 4.71. The Morgan fingerprint density at radius 1 is 1.09 bits per heavy atom. The zero-order chi connectivity index (χ0) is 16.8. The number of carbonyl (C=O) groups is 2. The Morgan fingerprint density at radius 3 is 2.52 bits per heavy atom. The van der Waals surface area contributed by atoms with Gasteiger partial charge in [0, 0.05) is 22.3 Å². The molecule has 0 aliphatic carbocycles. The van der Waals surface area contributed by atoms with Crippen LogP contribution in [0, 0.1) is 0 Å². The molecule has 1 amide bonds. The Morgan fingerprint density at radius 2 is 1.83 bits per heavy atom. The molecule has 0 fully saturated rings. The van der Waals surface area contributed by atoms with E-state index in [-0.39, 0.29) is 11.3 Å². The number of ether oxygens (including phenoxy) is 1. The summed E-state index contributed by atoms with van der Waals surface area (Å²) in [6.07, 6.45) is 0. The molecule has 0 aliphatic rings. The van der Waals surface area contributed by atoms with E-state index in [0.717, 1.165) is 5.56 Å². The van der Waals surface area contributed by atoms with E-state index in [1.54, 1.807) is 18.2 Å². The third-order valence-corrected chi connectivity index (χ3v) is 3.42. The number of nitrogens with two attached hydrogens (primary N) is 1. The van der Waals surface area contributed by atoms with Gasteiger partial charge in [0.05, 0.1) is 5.56 Å². The molecule has 0 unspecified atom stereocenters. The molecular weight excluding hydrogens is 339 g/mol. The van der Waals surface area contributed by atoms with Crippen LogP contribution in [0.1, 0.15) is 15.9 Å². The van der Waals surface area contributed by atoms with Gasteiger partial charge in [-0.1, -0.05) is 35.3 Å². The van der Waals surface area contributed by atoms with Crippen molar-refractivity contribution >= 4 is 40.8 Å². The second kappa shape index (κ2) is 7.85. The van der Waals surface area contributed by atoms with E-state index in [0.29, 0.717) is 16.6 Å². The molecule has 23 heavy (non-hydrogen) atoms. The Balaban J connectivity index is 1.83. The number of halogens is 2. The molecule has 0 aromatic heterocycles. The first kappa shape index (κ1) is 17.1. The van der Waals surface area contributed by atoms with Crippen molar-refractivity contribution in [3.05, 3.63) is 63.6 Å². The van der Waals surface area contributed by atoms with Crippen LogP contribution in [0.4, 0.5) is 5.69 Å². The van der Waals surface area contributed by atoms with Gasteiger partial charge in [-0.05, 0) is 35.9 Å².